The van der Waals surface area contributed by atoms with Gasteiger partial charge in [-0.1, -0.05) is 25.1 Å². The topological polar surface area (TPSA) is 47.6 Å². The van der Waals surface area contributed by atoms with Crippen LogP contribution in [0.4, 0.5) is 0 Å². The highest BCUT2D eigenvalue weighted by atomic mass is 16.5. The summed E-state index contributed by atoms with van der Waals surface area (Å²) in [6, 6.07) is 8.30. The predicted octanol–water partition coefficient (Wildman–Crippen LogP) is 1.92. The van der Waals surface area contributed by atoms with E-state index in [1.54, 1.807) is 0 Å². The standard InChI is InChI=1S/C13H18N2O/c1-10(6-7-14)11-4-2-3-5-12(11)13-15-8-9-16-13/h2-5,10H,6-9,14H2,1H3. The molecule has 1 heterocycles. The van der Waals surface area contributed by atoms with Gasteiger partial charge in [-0.2, -0.15) is 0 Å². The Kier molecular flexibility index (Phi) is 3.57. The van der Waals surface area contributed by atoms with Gasteiger partial charge in [-0.05, 0) is 30.5 Å². The van der Waals surface area contributed by atoms with Gasteiger partial charge in [-0.15, -0.1) is 0 Å². The van der Waals surface area contributed by atoms with Gasteiger partial charge in [0.15, 0.2) is 0 Å². The van der Waals surface area contributed by atoms with E-state index >= 15 is 0 Å². The van der Waals surface area contributed by atoms with Crippen LogP contribution in [0.25, 0.3) is 0 Å². The van der Waals surface area contributed by atoms with Gasteiger partial charge in [-0.25, -0.2) is 4.99 Å². The molecule has 1 aliphatic rings. The predicted molar refractivity (Wildman–Crippen MR) is 65.9 cm³/mol. The highest BCUT2D eigenvalue weighted by Crippen LogP contribution is 2.24. The molecule has 86 valence electrons. The minimum atomic E-state index is 0.452. The second kappa shape index (κ2) is 5.12. The lowest BCUT2D eigenvalue weighted by atomic mass is 9.93. The maximum absolute atomic E-state index is 5.61. The molecule has 16 heavy (non-hydrogen) atoms. The Labute approximate surface area is 96.3 Å². The Balaban J connectivity index is 2.29. The fourth-order valence-corrected chi connectivity index (χ4v) is 2.03. The van der Waals surface area contributed by atoms with Gasteiger partial charge < -0.3 is 10.5 Å². The van der Waals surface area contributed by atoms with E-state index in [1.807, 2.05) is 6.07 Å². The number of nitrogens with zero attached hydrogens (tertiary/aromatic N) is 1. The Morgan fingerprint density at radius 1 is 1.44 bits per heavy atom. The largest absolute Gasteiger partial charge is 0.476 e. The monoisotopic (exact) mass is 218 g/mol. The zero-order valence-corrected chi connectivity index (χ0v) is 9.65. The van der Waals surface area contributed by atoms with Crippen LogP contribution in [-0.4, -0.2) is 25.6 Å². The van der Waals surface area contributed by atoms with Crippen LogP contribution >= 0.6 is 0 Å². The molecule has 0 aromatic heterocycles. The molecular formula is C13H18N2O. The van der Waals surface area contributed by atoms with Crippen LogP contribution in [0.15, 0.2) is 29.3 Å². The highest BCUT2D eigenvalue weighted by Gasteiger charge is 2.17. The maximum Gasteiger partial charge on any atom is 0.216 e. The van der Waals surface area contributed by atoms with E-state index in [-0.39, 0.29) is 0 Å². The van der Waals surface area contributed by atoms with Gasteiger partial charge in [0, 0.05) is 5.56 Å². The molecule has 0 bridgehead atoms. The summed E-state index contributed by atoms with van der Waals surface area (Å²) in [6.45, 7) is 4.38. The number of aliphatic imine (C=N–C) groups is 1. The summed E-state index contributed by atoms with van der Waals surface area (Å²) in [5.41, 5.74) is 8.02. The van der Waals surface area contributed by atoms with Crippen LogP contribution in [0, 0.1) is 0 Å². The van der Waals surface area contributed by atoms with Crippen LogP contribution < -0.4 is 5.73 Å². The van der Waals surface area contributed by atoms with E-state index < -0.39 is 0 Å². The molecular weight excluding hydrogens is 200 g/mol. The summed E-state index contributed by atoms with van der Waals surface area (Å²) in [5.74, 6) is 1.24. The quantitative estimate of drug-likeness (QED) is 0.839. The number of hydrogen-bond donors (Lipinski definition) is 1. The van der Waals surface area contributed by atoms with Crippen LogP contribution in [0.2, 0.25) is 0 Å². The Bertz CT molecular complexity index is 387. The van der Waals surface area contributed by atoms with Crippen molar-refractivity contribution in [2.24, 2.45) is 10.7 Å². The van der Waals surface area contributed by atoms with Crippen molar-refractivity contribution in [3.05, 3.63) is 35.4 Å². The second-order valence-corrected chi connectivity index (χ2v) is 4.10. The molecule has 2 N–H and O–H groups in total. The Hall–Kier alpha value is -1.35. The van der Waals surface area contributed by atoms with Gasteiger partial charge in [0.2, 0.25) is 5.90 Å². The molecule has 1 aromatic rings. The lowest BCUT2D eigenvalue weighted by Crippen LogP contribution is -2.10. The molecule has 0 radical (unpaired) electrons. The fraction of sp³-hybridized carbons (Fsp3) is 0.462. The van der Waals surface area contributed by atoms with Crippen LogP contribution in [0.5, 0.6) is 0 Å². The number of hydrogen-bond acceptors (Lipinski definition) is 3. The van der Waals surface area contributed by atoms with Crippen molar-refractivity contribution in [1.29, 1.82) is 0 Å². The fourth-order valence-electron chi connectivity index (χ4n) is 2.03. The van der Waals surface area contributed by atoms with Gasteiger partial charge >= 0.3 is 0 Å². The summed E-state index contributed by atoms with van der Waals surface area (Å²) in [5, 5.41) is 0. The van der Waals surface area contributed by atoms with Gasteiger partial charge in [0.05, 0.1) is 6.54 Å². The first kappa shape index (κ1) is 11.1. The van der Waals surface area contributed by atoms with Gasteiger partial charge in [0.25, 0.3) is 0 Å². The molecule has 3 heteroatoms. The molecule has 1 aliphatic heterocycles. The van der Waals surface area contributed by atoms with Crippen molar-refractivity contribution in [2.75, 3.05) is 19.7 Å². The third-order valence-electron chi connectivity index (χ3n) is 2.91. The Morgan fingerprint density at radius 2 is 2.25 bits per heavy atom. The van der Waals surface area contributed by atoms with E-state index in [1.165, 1.54) is 5.56 Å². The number of ether oxygens (including phenoxy) is 1. The van der Waals surface area contributed by atoms with E-state index in [0.29, 0.717) is 19.1 Å². The first-order valence-corrected chi connectivity index (χ1v) is 5.79. The molecule has 2 rings (SSSR count). The van der Waals surface area contributed by atoms with Crippen LogP contribution in [-0.2, 0) is 4.74 Å². The molecule has 0 spiro atoms. The van der Waals surface area contributed by atoms with Gasteiger partial charge in [0.1, 0.15) is 6.61 Å². The van der Waals surface area contributed by atoms with E-state index in [0.717, 1.165) is 24.4 Å². The minimum Gasteiger partial charge on any atom is -0.476 e. The van der Waals surface area contributed by atoms with Crippen LogP contribution in [0.3, 0.4) is 0 Å². The first-order valence-electron chi connectivity index (χ1n) is 5.79. The van der Waals surface area contributed by atoms with E-state index in [4.69, 9.17) is 10.5 Å². The van der Waals surface area contributed by atoms with Crippen molar-refractivity contribution in [3.8, 4) is 0 Å². The first-order chi connectivity index (χ1) is 7.83. The zero-order chi connectivity index (χ0) is 11.4. The van der Waals surface area contributed by atoms with E-state index in [9.17, 15) is 0 Å². The SMILES string of the molecule is CC(CCN)c1ccccc1C1=NCCO1. The normalized spacial score (nSPS) is 16.8. The molecule has 0 saturated carbocycles. The zero-order valence-electron chi connectivity index (χ0n) is 9.65. The minimum absolute atomic E-state index is 0.452. The van der Waals surface area contributed by atoms with Gasteiger partial charge in [-0.3, -0.25) is 0 Å². The number of benzene rings is 1. The third kappa shape index (κ3) is 2.25. The highest BCUT2D eigenvalue weighted by molar-refractivity contribution is 5.96. The van der Waals surface area contributed by atoms with Crippen molar-refractivity contribution in [2.45, 2.75) is 19.3 Å². The van der Waals surface area contributed by atoms with Crippen molar-refractivity contribution in [1.82, 2.24) is 0 Å². The number of rotatable bonds is 4. The van der Waals surface area contributed by atoms with Crippen molar-refractivity contribution >= 4 is 5.90 Å². The second-order valence-electron chi connectivity index (χ2n) is 4.10. The molecule has 0 aliphatic carbocycles. The van der Waals surface area contributed by atoms with Crippen LogP contribution in [0.1, 0.15) is 30.4 Å². The molecule has 1 unspecified atom stereocenters. The molecule has 1 atom stereocenters. The Morgan fingerprint density at radius 3 is 2.94 bits per heavy atom. The van der Waals surface area contributed by atoms with Crippen molar-refractivity contribution < 1.29 is 4.74 Å². The lowest BCUT2D eigenvalue weighted by molar-refractivity contribution is 0.348. The summed E-state index contributed by atoms with van der Waals surface area (Å²) in [6.07, 6.45) is 0.990. The summed E-state index contributed by atoms with van der Waals surface area (Å²) in [4.78, 5) is 4.37. The lowest BCUT2D eigenvalue weighted by Gasteiger charge is -2.15. The summed E-state index contributed by atoms with van der Waals surface area (Å²) >= 11 is 0. The average molecular weight is 218 g/mol. The molecule has 1 aromatic carbocycles. The molecule has 0 amide bonds. The van der Waals surface area contributed by atoms with E-state index in [2.05, 4.69) is 30.1 Å². The summed E-state index contributed by atoms with van der Waals surface area (Å²) in [7, 11) is 0. The molecule has 0 saturated heterocycles. The molecule has 3 nitrogen and oxygen atoms in total. The number of nitrogens with two attached hydrogens (primary N) is 1. The van der Waals surface area contributed by atoms with Crippen molar-refractivity contribution in [3.63, 3.8) is 0 Å². The molecule has 0 fully saturated rings. The smallest absolute Gasteiger partial charge is 0.216 e. The summed E-state index contributed by atoms with van der Waals surface area (Å²) < 4.78 is 5.53. The average Bonchev–Trinajstić information content (AvgIpc) is 2.83. The third-order valence-corrected chi connectivity index (χ3v) is 2.91. The maximum atomic E-state index is 5.61.